The summed E-state index contributed by atoms with van der Waals surface area (Å²) in [6.07, 6.45) is 3.66. The fourth-order valence-corrected chi connectivity index (χ4v) is 4.26. The Morgan fingerprint density at radius 3 is 2.69 bits per heavy atom. The number of aromatic nitrogens is 3. The molecule has 0 atom stereocenters. The van der Waals surface area contributed by atoms with Gasteiger partial charge in [-0.2, -0.15) is 0 Å². The second-order valence-corrected chi connectivity index (χ2v) is 9.34. The molecule has 180 valence electrons. The van der Waals surface area contributed by atoms with Crippen molar-refractivity contribution in [1.82, 2.24) is 15.0 Å². The minimum atomic E-state index is -0.779. The van der Waals surface area contributed by atoms with Crippen LogP contribution in [-0.2, 0) is 6.42 Å². The number of ether oxygens (including phenoxy) is 1. The number of benzene rings is 2. The van der Waals surface area contributed by atoms with Gasteiger partial charge in [0.15, 0.2) is 5.82 Å². The number of halogens is 1. The van der Waals surface area contributed by atoms with Crippen molar-refractivity contribution in [2.45, 2.75) is 32.8 Å². The topological polar surface area (TPSA) is 118 Å². The Labute approximate surface area is 202 Å². The number of pyridine rings is 1. The molecule has 0 unspecified atom stereocenters. The van der Waals surface area contributed by atoms with Gasteiger partial charge in [0.05, 0.1) is 16.8 Å². The highest BCUT2D eigenvalue weighted by atomic mass is 19.1. The van der Waals surface area contributed by atoms with Crippen LogP contribution >= 0.6 is 0 Å². The highest BCUT2D eigenvalue weighted by Gasteiger charge is 2.21. The van der Waals surface area contributed by atoms with Crippen LogP contribution in [0.1, 0.15) is 25.0 Å². The molecule has 0 saturated heterocycles. The largest absolute Gasteiger partial charge is 0.474 e. The summed E-state index contributed by atoms with van der Waals surface area (Å²) in [6, 6.07) is 9.35. The molecule has 1 aliphatic heterocycles. The highest BCUT2D eigenvalue weighted by molar-refractivity contribution is 5.96. The van der Waals surface area contributed by atoms with Crippen LogP contribution in [0.5, 0.6) is 5.88 Å². The lowest BCUT2D eigenvalue weighted by atomic mass is 9.98. The molecule has 5 rings (SSSR count). The van der Waals surface area contributed by atoms with Crippen LogP contribution in [0.25, 0.3) is 22.0 Å². The van der Waals surface area contributed by atoms with E-state index >= 15 is 4.39 Å². The maximum absolute atomic E-state index is 15.3. The second kappa shape index (κ2) is 8.66. The third-order valence-electron chi connectivity index (χ3n) is 5.95. The average molecular weight is 475 g/mol. The van der Waals surface area contributed by atoms with Gasteiger partial charge >= 0.3 is 0 Å². The SMILES string of the molecule is Cc1c(-c2cc3nc(Nc4ccc(CC(C)(C)O)cc4)ncc3c(N)c2F)cnc2c1NCCO2. The van der Waals surface area contributed by atoms with Gasteiger partial charge < -0.3 is 26.2 Å². The lowest BCUT2D eigenvalue weighted by Gasteiger charge is -2.22. The molecule has 0 radical (unpaired) electrons. The Hall–Kier alpha value is -3.98. The number of hydrogen-bond donors (Lipinski definition) is 4. The maximum Gasteiger partial charge on any atom is 0.237 e. The van der Waals surface area contributed by atoms with E-state index in [1.54, 1.807) is 26.1 Å². The summed E-state index contributed by atoms with van der Waals surface area (Å²) in [4.78, 5) is 13.3. The highest BCUT2D eigenvalue weighted by Crippen LogP contribution is 2.39. The molecule has 9 heteroatoms. The lowest BCUT2D eigenvalue weighted by Crippen LogP contribution is -2.21. The Kier molecular flexibility index (Phi) is 5.64. The van der Waals surface area contributed by atoms with E-state index in [1.165, 1.54) is 6.20 Å². The molecule has 0 aliphatic carbocycles. The van der Waals surface area contributed by atoms with Crippen LogP contribution in [0.3, 0.4) is 0 Å². The molecule has 8 nitrogen and oxygen atoms in total. The molecule has 0 amide bonds. The summed E-state index contributed by atoms with van der Waals surface area (Å²) < 4.78 is 20.9. The molecule has 4 aromatic rings. The van der Waals surface area contributed by atoms with E-state index in [4.69, 9.17) is 10.5 Å². The van der Waals surface area contributed by atoms with Crippen molar-refractivity contribution in [1.29, 1.82) is 0 Å². The van der Waals surface area contributed by atoms with E-state index in [2.05, 4.69) is 25.6 Å². The van der Waals surface area contributed by atoms with E-state index < -0.39 is 11.4 Å². The molecule has 3 heterocycles. The van der Waals surface area contributed by atoms with E-state index in [1.807, 2.05) is 31.2 Å². The van der Waals surface area contributed by atoms with Crippen molar-refractivity contribution in [3.63, 3.8) is 0 Å². The van der Waals surface area contributed by atoms with Crippen LogP contribution in [0, 0.1) is 12.7 Å². The molecular formula is C26H27FN6O2. The number of hydrogen-bond acceptors (Lipinski definition) is 8. The molecule has 2 aromatic carbocycles. The average Bonchev–Trinajstić information content (AvgIpc) is 2.82. The number of aliphatic hydroxyl groups is 1. The van der Waals surface area contributed by atoms with Crippen molar-refractivity contribution in [2.75, 3.05) is 29.5 Å². The first-order valence-corrected chi connectivity index (χ1v) is 11.4. The predicted octanol–water partition coefficient (Wildman–Crippen LogP) is 4.58. The molecule has 0 bridgehead atoms. The summed E-state index contributed by atoms with van der Waals surface area (Å²) in [5.74, 6) is 0.333. The molecule has 1 aliphatic rings. The Balaban J connectivity index is 1.49. The van der Waals surface area contributed by atoms with Gasteiger partial charge in [-0.25, -0.2) is 19.3 Å². The number of fused-ring (bicyclic) bond motifs is 2. The van der Waals surface area contributed by atoms with Crippen LogP contribution in [0.15, 0.2) is 42.7 Å². The molecule has 0 fully saturated rings. The Morgan fingerprint density at radius 2 is 1.94 bits per heavy atom. The summed E-state index contributed by atoms with van der Waals surface area (Å²) in [5, 5.41) is 16.9. The standard InChI is InChI=1S/C26H27FN6O2/c1-14-18(12-30-24-23(14)29-8-9-35-24)17-10-20-19(22(28)21(17)27)13-31-25(33-20)32-16-6-4-15(5-7-16)11-26(2,3)34/h4-7,10,12-13,29,34H,8-9,11,28H2,1-3H3,(H,31,32,33). The van der Waals surface area contributed by atoms with Gasteiger partial charge in [0.1, 0.15) is 12.3 Å². The monoisotopic (exact) mass is 474 g/mol. The van der Waals surface area contributed by atoms with Crippen molar-refractivity contribution in [2.24, 2.45) is 0 Å². The van der Waals surface area contributed by atoms with E-state index in [0.29, 0.717) is 53.4 Å². The van der Waals surface area contributed by atoms with Crippen molar-refractivity contribution < 1.29 is 14.2 Å². The number of nitrogens with two attached hydrogens (primary N) is 1. The maximum atomic E-state index is 15.3. The summed E-state index contributed by atoms with van der Waals surface area (Å²) >= 11 is 0. The van der Waals surface area contributed by atoms with E-state index in [-0.39, 0.29) is 5.69 Å². The number of anilines is 4. The third kappa shape index (κ3) is 4.54. The van der Waals surface area contributed by atoms with Gasteiger partial charge in [0.2, 0.25) is 11.8 Å². The zero-order valence-electron chi connectivity index (χ0n) is 19.8. The summed E-state index contributed by atoms with van der Waals surface area (Å²) in [7, 11) is 0. The van der Waals surface area contributed by atoms with Crippen LogP contribution in [-0.4, -0.2) is 38.8 Å². The minimum absolute atomic E-state index is 0.0126. The third-order valence-corrected chi connectivity index (χ3v) is 5.95. The molecule has 0 spiro atoms. The fraction of sp³-hybridized carbons (Fsp3) is 0.269. The fourth-order valence-electron chi connectivity index (χ4n) is 4.26. The number of nitrogens with zero attached hydrogens (tertiary/aromatic N) is 3. The number of nitrogens with one attached hydrogen (secondary N) is 2. The predicted molar refractivity (Wildman–Crippen MR) is 136 cm³/mol. The zero-order valence-corrected chi connectivity index (χ0v) is 19.8. The van der Waals surface area contributed by atoms with Crippen molar-refractivity contribution in [3.05, 3.63) is 59.7 Å². The van der Waals surface area contributed by atoms with Crippen LogP contribution in [0.4, 0.5) is 27.4 Å². The van der Waals surface area contributed by atoms with E-state index in [0.717, 1.165) is 22.5 Å². The van der Waals surface area contributed by atoms with Crippen molar-refractivity contribution in [3.8, 4) is 17.0 Å². The first kappa shape index (κ1) is 22.8. The molecule has 35 heavy (non-hydrogen) atoms. The lowest BCUT2D eigenvalue weighted by molar-refractivity contribution is 0.0810. The van der Waals surface area contributed by atoms with Crippen LogP contribution < -0.4 is 21.1 Å². The number of nitrogen functional groups attached to an aromatic ring is 1. The van der Waals surface area contributed by atoms with Crippen LogP contribution in [0.2, 0.25) is 0 Å². The van der Waals surface area contributed by atoms with E-state index in [9.17, 15) is 5.11 Å². The Morgan fingerprint density at radius 1 is 1.17 bits per heavy atom. The minimum Gasteiger partial charge on any atom is -0.474 e. The molecule has 2 aromatic heterocycles. The quantitative estimate of drug-likeness (QED) is 0.310. The zero-order chi connectivity index (χ0) is 24.7. The summed E-state index contributed by atoms with van der Waals surface area (Å²) in [5.41, 5.74) is 10.2. The van der Waals surface area contributed by atoms with Crippen molar-refractivity contribution >= 4 is 33.9 Å². The molecular weight excluding hydrogens is 447 g/mol. The first-order chi connectivity index (χ1) is 16.7. The summed E-state index contributed by atoms with van der Waals surface area (Å²) in [6.45, 7) is 6.63. The van der Waals surface area contributed by atoms with Gasteiger partial charge in [-0.3, -0.25) is 0 Å². The van der Waals surface area contributed by atoms with Gasteiger partial charge in [-0.05, 0) is 50.1 Å². The van der Waals surface area contributed by atoms with Gasteiger partial charge in [0, 0.05) is 47.6 Å². The normalized spacial score (nSPS) is 13.2. The smallest absolute Gasteiger partial charge is 0.237 e. The van der Waals surface area contributed by atoms with Gasteiger partial charge in [0.25, 0.3) is 0 Å². The molecule has 0 saturated carbocycles. The second-order valence-electron chi connectivity index (χ2n) is 9.34. The molecule has 5 N–H and O–H groups in total. The Bertz CT molecular complexity index is 1420. The van der Waals surface area contributed by atoms with Gasteiger partial charge in [-0.1, -0.05) is 12.1 Å². The number of rotatable bonds is 5. The van der Waals surface area contributed by atoms with Gasteiger partial charge in [-0.15, -0.1) is 0 Å². The first-order valence-electron chi connectivity index (χ1n) is 11.4.